The van der Waals surface area contributed by atoms with E-state index in [-0.39, 0.29) is 0 Å². The molecule has 0 spiro atoms. The molecule has 72 valence electrons. The van der Waals surface area contributed by atoms with Gasteiger partial charge in [-0.15, -0.1) is 0 Å². The number of hydrogen-bond donors (Lipinski definition) is 0. The molecule has 0 bridgehead atoms. The normalized spacial score (nSPS) is 28.2. The highest BCUT2D eigenvalue weighted by Gasteiger charge is 2.27. The fraction of sp³-hybridized carbons (Fsp3) is 1.00. The fourth-order valence-electron chi connectivity index (χ4n) is 1.78. The molecular formula is C8H15I2NO. The first kappa shape index (κ1) is 11.5. The topological polar surface area (TPSA) is 12.5 Å². The Labute approximate surface area is 102 Å². The molecule has 0 aromatic carbocycles. The standard InChI is InChI=1S/C8H15I2NO/c1-6(12-8(9)10)7-4-3-5-11(7)2/h6-8H,3-5H2,1-2H3/t6-,7-/m1/s1. The molecule has 2 nitrogen and oxygen atoms in total. The van der Waals surface area contributed by atoms with Crippen LogP contribution in [0.2, 0.25) is 0 Å². The maximum Gasteiger partial charge on any atom is 0.159 e. The first-order valence-corrected chi connectivity index (χ1v) is 6.74. The minimum Gasteiger partial charge on any atom is -0.353 e. The van der Waals surface area contributed by atoms with Gasteiger partial charge in [0.2, 0.25) is 0 Å². The van der Waals surface area contributed by atoms with Gasteiger partial charge in [-0.05, 0) is 78.5 Å². The Kier molecular flexibility index (Phi) is 5.07. The Morgan fingerprint density at radius 2 is 2.17 bits per heavy atom. The van der Waals surface area contributed by atoms with E-state index in [1.807, 2.05) is 0 Å². The summed E-state index contributed by atoms with van der Waals surface area (Å²) in [6.07, 6.45) is 2.98. The lowest BCUT2D eigenvalue weighted by Gasteiger charge is -2.26. The molecule has 0 aromatic rings. The van der Waals surface area contributed by atoms with Gasteiger partial charge >= 0.3 is 0 Å². The average molecular weight is 395 g/mol. The lowest BCUT2D eigenvalue weighted by atomic mass is 10.1. The summed E-state index contributed by atoms with van der Waals surface area (Å²) < 4.78 is 6.03. The van der Waals surface area contributed by atoms with E-state index in [0.717, 1.165) is 0 Å². The van der Waals surface area contributed by atoms with E-state index < -0.39 is 0 Å². The Morgan fingerprint density at radius 3 is 2.58 bits per heavy atom. The molecule has 1 rings (SSSR count). The first-order chi connectivity index (χ1) is 5.61. The van der Waals surface area contributed by atoms with Crippen LogP contribution in [0.15, 0.2) is 0 Å². The lowest BCUT2D eigenvalue weighted by Crippen LogP contribution is -2.36. The number of ether oxygens (including phenoxy) is 1. The summed E-state index contributed by atoms with van der Waals surface area (Å²) in [5.41, 5.74) is 0. The summed E-state index contributed by atoms with van der Waals surface area (Å²) in [6.45, 7) is 3.41. The minimum atomic E-state index is 0.296. The van der Waals surface area contributed by atoms with Crippen LogP contribution in [0.3, 0.4) is 0 Å². The van der Waals surface area contributed by atoms with Gasteiger partial charge in [0.1, 0.15) is 0 Å². The first-order valence-electron chi connectivity index (χ1n) is 4.25. The maximum atomic E-state index is 5.74. The van der Waals surface area contributed by atoms with Gasteiger partial charge in [0, 0.05) is 6.04 Å². The van der Waals surface area contributed by atoms with E-state index in [9.17, 15) is 0 Å². The second-order valence-electron chi connectivity index (χ2n) is 3.29. The van der Waals surface area contributed by atoms with E-state index in [1.165, 1.54) is 19.4 Å². The molecule has 0 unspecified atom stereocenters. The zero-order valence-corrected chi connectivity index (χ0v) is 11.8. The minimum absolute atomic E-state index is 0.296. The number of alkyl halides is 2. The van der Waals surface area contributed by atoms with Crippen LogP contribution in [0.25, 0.3) is 0 Å². The van der Waals surface area contributed by atoms with Crippen LogP contribution in [0.1, 0.15) is 19.8 Å². The van der Waals surface area contributed by atoms with Crippen LogP contribution in [0.5, 0.6) is 0 Å². The second kappa shape index (κ2) is 5.31. The second-order valence-corrected chi connectivity index (χ2v) is 7.94. The fourth-order valence-corrected chi connectivity index (χ4v) is 2.71. The number of halogens is 2. The van der Waals surface area contributed by atoms with Gasteiger partial charge < -0.3 is 9.64 Å². The molecule has 2 atom stereocenters. The summed E-state index contributed by atoms with van der Waals surface area (Å²) in [5, 5.41) is 0. The van der Waals surface area contributed by atoms with Gasteiger partial charge in [-0.2, -0.15) is 0 Å². The maximum absolute atomic E-state index is 5.74. The van der Waals surface area contributed by atoms with Crippen molar-refractivity contribution in [2.75, 3.05) is 13.6 Å². The third-order valence-corrected chi connectivity index (χ3v) is 3.02. The zero-order chi connectivity index (χ0) is 9.14. The Bertz CT molecular complexity index is 143. The van der Waals surface area contributed by atoms with Gasteiger partial charge in [0.15, 0.2) is 2.12 Å². The third-order valence-electron chi connectivity index (χ3n) is 2.44. The van der Waals surface area contributed by atoms with Crippen molar-refractivity contribution in [3.63, 3.8) is 0 Å². The predicted molar refractivity (Wildman–Crippen MR) is 68.0 cm³/mol. The molecule has 0 aliphatic carbocycles. The predicted octanol–water partition coefficient (Wildman–Crippen LogP) is 2.64. The van der Waals surface area contributed by atoms with Crippen molar-refractivity contribution in [2.45, 2.75) is 34.0 Å². The Morgan fingerprint density at radius 1 is 1.50 bits per heavy atom. The van der Waals surface area contributed by atoms with E-state index in [1.54, 1.807) is 0 Å². The highest BCUT2D eigenvalue weighted by molar-refractivity contribution is 14.2. The number of likely N-dealkylation sites (tertiary alicyclic amines) is 1. The molecule has 0 saturated carbocycles. The molecule has 1 saturated heterocycles. The zero-order valence-electron chi connectivity index (χ0n) is 7.46. The molecule has 4 heteroatoms. The number of rotatable bonds is 3. The smallest absolute Gasteiger partial charge is 0.159 e. The van der Waals surface area contributed by atoms with Gasteiger partial charge in [-0.1, -0.05) is 0 Å². The van der Waals surface area contributed by atoms with E-state index in [0.29, 0.717) is 14.3 Å². The molecule has 0 aromatic heterocycles. The third kappa shape index (κ3) is 3.26. The molecule has 0 radical (unpaired) electrons. The quantitative estimate of drug-likeness (QED) is 0.539. The highest BCUT2D eigenvalue weighted by Crippen LogP contribution is 2.23. The van der Waals surface area contributed by atoms with Gasteiger partial charge in [0.05, 0.1) is 6.10 Å². The lowest BCUT2D eigenvalue weighted by molar-refractivity contribution is 0.0423. The van der Waals surface area contributed by atoms with Crippen LogP contribution in [-0.2, 0) is 4.74 Å². The van der Waals surface area contributed by atoms with E-state index >= 15 is 0 Å². The molecule has 1 heterocycles. The van der Waals surface area contributed by atoms with Crippen LogP contribution in [0.4, 0.5) is 0 Å². The van der Waals surface area contributed by atoms with Crippen LogP contribution in [0, 0.1) is 0 Å². The van der Waals surface area contributed by atoms with Crippen LogP contribution >= 0.6 is 45.2 Å². The van der Waals surface area contributed by atoms with Gasteiger partial charge in [0.25, 0.3) is 0 Å². The van der Waals surface area contributed by atoms with Crippen molar-refractivity contribution < 1.29 is 4.74 Å². The molecule has 1 aliphatic heterocycles. The number of nitrogens with zero attached hydrogens (tertiary/aromatic N) is 1. The van der Waals surface area contributed by atoms with Crippen molar-refractivity contribution >= 4 is 45.2 Å². The van der Waals surface area contributed by atoms with Crippen molar-refractivity contribution in [1.29, 1.82) is 0 Å². The van der Waals surface area contributed by atoms with Crippen molar-refractivity contribution in [2.24, 2.45) is 0 Å². The molecule has 0 N–H and O–H groups in total. The monoisotopic (exact) mass is 395 g/mol. The highest BCUT2D eigenvalue weighted by atomic mass is 127. The van der Waals surface area contributed by atoms with Gasteiger partial charge in [-0.3, -0.25) is 0 Å². The summed E-state index contributed by atoms with van der Waals surface area (Å²) in [5.74, 6) is 0. The molecular weight excluding hydrogens is 380 g/mol. The van der Waals surface area contributed by atoms with Gasteiger partial charge in [-0.25, -0.2) is 0 Å². The average Bonchev–Trinajstić information content (AvgIpc) is 2.33. The summed E-state index contributed by atoms with van der Waals surface area (Å²) >= 11 is 4.59. The summed E-state index contributed by atoms with van der Waals surface area (Å²) in [7, 11) is 2.19. The van der Waals surface area contributed by atoms with E-state index in [4.69, 9.17) is 4.74 Å². The van der Waals surface area contributed by atoms with Crippen LogP contribution in [-0.4, -0.2) is 32.8 Å². The largest absolute Gasteiger partial charge is 0.353 e. The van der Waals surface area contributed by atoms with Crippen molar-refractivity contribution in [1.82, 2.24) is 4.90 Å². The van der Waals surface area contributed by atoms with Crippen molar-refractivity contribution in [3.05, 3.63) is 0 Å². The number of likely N-dealkylation sites (N-methyl/N-ethyl adjacent to an activating group) is 1. The SMILES string of the molecule is C[C@@H](OC(I)I)[C@H]1CCCN1C. The van der Waals surface area contributed by atoms with E-state index in [2.05, 4.69) is 64.1 Å². The van der Waals surface area contributed by atoms with Crippen molar-refractivity contribution in [3.8, 4) is 0 Å². The number of hydrogen-bond acceptors (Lipinski definition) is 2. The summed E-state index contributed by atoms with van der Waals surface area (Å²) in [4.78, 5) is 2.40. The Balaban J connectivity index is 2.35. The van der Waals surface area contributed by atoms with Crippen LogP contribution < -0.4 is 0 Å². The molecule has 1 fully saturated rings. The molecule has 12 heavy (non-hydrogen) atoms. The molecule has 1 aliphatic rings. The molecule has 0 amide bonds. The Hall–Kier alpha value is 1.38. The summed E-state index contributed by atoms with van der Waals surface area (Å²) in [6, 6.07) is 0.636.